The number of methoxy groups -OCH3 is 2. The van der Waals surface area contributed by atoms with Crippen LogP contribution in [0, 0.1) is 0 Å². The first-order chi connectivity index (χ1) is 9.84. The van der Waals surface area contributed by atoms with E-state index in [1.54, 1.807) is 6.92 Å². The van der Waals surface area contributed by atoms with E-state index in [-0.39, 0.29) is 23.7 Å². The first-order valence-corrected chi connectivity index (χ1v) is 7.75. The predicted molar refractivity (Wildman–Crippen MR) is 85.3 cm³/mol. The second-order valence-electron chi connectivity index (χ2n) is 4.91. The van der Waals surface area contributed by atoms with E-state index in [9.17, 15) is 9.90 Å². The number of amides is 1. The molecule has 0 bridgehead atoms. The summed E-state index contributed by atoms with van der Waals surface area (Å²) in [6, 6.07) is 3.06. The van der Waals surface area contributed by atoms with Gasteiger partial charge in [-0.25, -0.2) is 0 Å². The molecule has 1 unspecified atom stereocenters. The molecule has 21 heavy (non-hydrogen) atoms. The molecule has 7 heteroatoms. The summed E-state index contributed by atoms with van der Waals surface area (Å²) >= 11 is 1.51. The lowest BCUT2D eigenvalue weighted by atomic mass is 10.1. The van der Waals surface area contributed by atoms with Gasteiger partial charge in [-0.05, 0) is 19.2 Å². The molecule has 1 rings (SSSR count). The van der Waals surface area contributed by atoms with Crippen molar-refractivity contribution >= 4 is 23.4 Å². The molecule has 0 saturated carbocycles. The van der Waals surface area contributed by atoms with E-state index in [1.165, 1.54) is 38.1 Å². The zero-order chi connectivity index (χ0) is 16.0. The number of hydrogen-bond donors (Lipinski definition) is 3. The summed E-state index contributed by atoms with van der Waals surface area (Å²) in [7, 11) is 2.98. The first-order valence-electron chi connectivity index (χ1n) is 6.35. The number of rotatable bonds is 7. The van der Waals surface area contributed by atoms with Crippen molar-refractivity contribution in [1.82, 2.24) is 5.32 Å². The number of carbonyl (C=O) groups excluding carboxylic acids is 1. The Morgan fingerprint density at radius 3 is 2.48 bits per heavy atom. The molecule has 1 aromatic rings. The molecular weight excluding hydrogens is 292 g/mol. The molecule has 1 atom stereocenters. The molecule has 1 aromatic carbocycles. The van der Waals surface area contributed by atoms with Crippen LogP contribution in [0.4, 0.5) is 5.69 Å². The van der Waals surface area contributed by atoms with Crippen molar-refractivity contribution in [3.63, 3.8) is 0 Å². The number of ether oxygens (including phenoxy) is 2. The van der Waals surface area contributed by atoms with Crippen LogP contribution in [0.3, 0.4) is 0 Å². The van der Waals surface area contributed by atoms with Crippen molar-refractivity contribution in [2.24, 2.45) is 0 Å². The minimum Gasteiger partial charge on any atom is -0.493 e. The predicted octanol–water partition coefficient (Wildman–Crippen LogP) is 1.13. The van der Waals surface area contributed by atoms with Gasteiger partial charge in [-0.3, -0.25) is 4.79 Å². The molecule has 0 aliphatic carbocycles. The SMILES string of the molecule is COc1cc(N)c(C(=O)NCC(C)(O)CSC)cc1OC. The van der Waals surface area contributed by atoms with Gasteiger partial charge < -0.3 is 25.6 Å². The van der Waals surface area contributed by atoms with Crippen LogP contribution in [0.5, 0.6) is 11.5 Å². The molecule has 0 fully saturated rings. The van der Waals surface area contributed by atoms with Crippen molar-refractivity contribution in [2.45, 2.75) is 12.5 Å². The highest BCUT2D eigenvalue weighted by Gasteiger charge is 2.22. The van der Waals surface area contributed by atoms with Gasteiger partial charge in [0.2, 0.25) is 0 Å². The second kappa shape index (κ2) is 7.42. The lowest BCUT2D eigenvalue weighted by Crippen LogP contribution is -2.42. The maximum Gasteiger partial charge on any atom is 0.253 e. The monoisotopic (exact) mass is 314 g/mol. The number of nitrogens with two attached hydrogens (primary N) is 1. The quantitative estimate of drug-likeness (QED) is 0.653. The highest BCUT2D eigenvalue weighted by atomic mass is 32.2. The van der Waals surface area contributed by atoms with E-state index < -0.39 is 5.60 Å². The van der Waals surface area contributed by atoms with Gasteiger partial charge in [0.1, 0.15) is 0 Å². The van der Waals surface area contributed by atoms with Gasteiger partial charge in [-0.2, -0.15) is 11.8 Å². The van der Waals surface area contributed by atoms with E-state index in [0.29, 0.717) is 17.3 Å². The smallest absolute Gasteiger partial charge is 0.253 e. The Kier molecular flexibility index (Phi) is 6.17. The summed E-state index contributed by atoms with van der Waals surface area (Å²) in [5.41, 5.74) is 5.46. The Morgan fingerprint density at radius 1 is 1.38 bits per heavy atom. The second-order valence-corrected chi connectivity index (χ2v) is 5.77. The molecule has 0 saturated heterocycles. The molecule has 0 aliphatic heterocycles. The lowest BCUT2D eigenvalue weighted by molar-refractivity contribution is 0.0725. The topological polar surface area (TPSA) is 93.8 Å². The third-order valence-corrected chi connectivity index (χ3v) is 3.80. The van der Waals surface area contributed by atoms with Crippen LogP contribution < -0.4 is 20.5 Å². The molecule has 0 aliphatic rings. The average molecular weight is 314 g/mol. The maximum absolute atomic E-state index is 12.2. The van der Waals surface area contributed by atoms with Gasteiger partial charge in [-0.15, -0.1) is 0 Å². The third kappa shape index (κ3) is 4.71. The van der Waals surface area contributed by atoms with Crippen molar-refractivity contribution in [3.05, 3.63) is 17.7 Å². The van der Waals surface area contributed by atoms with Gasteiger partial charge in [-0.1, -0.05) is 0 Å². The zero-order valence-corrected chi connectivity index (χ0v) is 13.5. The Morgan fingerprint density at radius 2 is 1.95 bits per heavy atom. The first kappa shape index (κ1) is 17.5. The number of nitrogen functional groups attached to an aromatic ring is 1. The van der Waals surface area contributed by atoms with Gasteiger partial charge in [0.05, 0.1) is 25.4 Å². The molecular formula is C14H22N2O4S. The Hall–Kier alpha value is -1.60. The van der Waals surface area contributed by atoms with E-state index >= 15 is 0 Å². The number of hydrogen-bond acceptors (Lipinski definition) is 6. The lowest BCUT2D eigenvalue weighted by Gasteiger charge is -2.22. The molecule has 0 radical (unpaired) electrons. The average Bonchev–Trinajstić information content (AvgIpc) is 2.44. The Balaban J connectivity index is 2.88. The van der Waals surface area contributed by atoms with Crippen LogP contribution in [0.15, 0.2) is 12.1 Å². The normalized spacial score (nSPS) is 13.4. The number of benzene rings is 1. The van der Waals surface area contributed by atoms with Crippen LogP contribution >= 0.6 is 11.8 Å². The van der Waals surface area contributed by atoms with Gasteiger partial charge in [0.15, 0.2) is 11.5 Å². The molecule has 0 heterocycles. The molecule has 6 nitrogen and oxygen atoms in total. The van der Waals surface area contributed by atoms with Crippen LogP contribution in [0.25, 0.3) is 0 Å². The van der Waals surface area contributed by atoms with Gasteiger partial charge in [0.25, 0.3) is 5.91 Å². The summed E-state index contributed by atoms with van der Waals surface area (Å²) in [5, 5.41) is 12.7. The van der Waals surface area contributed by atoms with Crippen LogP contribution in [-0.4, -0.2) is 49.4 Å². The van der Waals surface area contributed by atoms with Crippen LogP contribution in [-0.2, 0) is 0 Å². The van der Waals surface area contributed by atoms with Crippen LogP contribution in [0.1, 0.15) is 17.3 Å². The summed E-state index contributed by atoms with van der Waals surface area (Å²) in [4.78, 5) is 12.2. The highest BCUT2D eigenvalue weighted by molar-refractivity contribution is 7.98. The number of aliphatic hydroxyl groups is 1. The van der Waals surface area contributed by atoms with Crippen molar-refractivity contribution in [1.29, 1.82) is 0 Å². The maximum atomic E-state index is 12.2. The van der Waals surface area contributed by atoms with E-state index in [4.69, 9.17) is 15.2 Å². The van der Waals surface area contributed by atoms with E-state index in [2.05, 4.69) is 5.32 Å². The number of carbonyl (C=O) groups is 1. The van der Waals surface area contributed by atoms with Crippen LogP contribution in [0.2, 0.25) is 0 Å². The Bertz CT molecular complexity index is 506. The van der Waals surface area contributed by atoms with E-state index in [0.717, 1.165) is 0 Å². The van der Waals surface area contributed by atoms with Crippen molar-refractivity contribution in [3.8, 4) is 11.5 Å². The minimum atomic E-state index is -0.972. The Labute approximate surface area is 129 Å². The van der Waals surface area contributed by atoms with Crippen molar-refractivity contribution < 1.29 is 19.4 Å². The summed E-state index contributed by atoms with van der Waals surface area (Å²) in [5.74, 6) is 1.04. The number of thioether (sulfide) groups is 1. The standard InChI is InChI=1S/C14H22N2O4S/c1-14(18,8-21-4)7-16-13(17)9-5-11(19-2)12(20-3)6-10(9)15/h5-6,18H,7-8,15H2,1-4H3,(H,16,17). The molecule has 0 spiro atoms. The highest BCUT2D eigenvalue weighted by Crippen LogP contribution is 2.31. The summed E-state index contributed by atoms with van der Waals surface area (Å²) in [6.45, 7) is 1.81. The summed E-state index contributed by atoms with van der Waals surface area (Å²) in [6.07, 6.45) is 1.89. The minimum absolute atomic E-state index is 0.139. The number of anilines is 1. The molecule has 0 aromatic heterocycles. The largest absolute Gasteiger partial charge is 0.493 e. The van der Waals surface area contributed by atoms with Gasteiger partial charge >= 0.3 is 0 Å². The third-order valence-electron chi connectivity index (χ3n) is 2.89. The zero-order valence-electron chi connectivity index (χ0n) is 12.7. The molecule has 4 N–H and O–H groups in total. The van der Waals surface area contributed by atoms with E-state index in [1.807, 2.05) is 6.26 Å². The fraction of sp³-hybridized carbons (Fsp3) is 0.500. The van der Waals surface area contributed by atoms with Gasteiger partial charge in [0, 0.05) is 24.1 Å². The number of nitrogens with one attached hydrogen (secondary N) is 1. The fourth-order valence-corrected chi connectivity index (χ4v) is 2.54. The molecule has 1 amide bonds. The fourth-order valence-electron chi connectivity index (χ4n) is 1.82. The summed E-state index contributed by atoms with van der Waals surface area (Å²) < 4.78 is 10.3. The van der Waals surface area contributed by atoms with Crippen molar-refractivity contribution in [2.75, 3.05) is 38.5 Å². The molecule has 118 valence electrons.